The molecule has 2 aromatic carbocycles. The summed E-state index contributed by atoms with van der Waals surface area (Å²) in [4.78, 5) is 28.7. The monoisotopic (exact) mass is 416 g/mol. The third-order valence-electron chi connectivity index (χ3n) is 5.90. The van der Waals surface area contributed by atoms with Gasteiger partial charge in [0.2, 0.25) is 12.7 Å². The van der Waals surface area contributed by atoms with Crippen molar-refractivity contribution in [2.24, 2.45) is 0 Å². The van der Waals surface area contributed by atoms with Crippen LogP contribution in [0.15, 0.2) is 54.7 Å². The van der Waals surface area contributed by atoms with Gasteiger partial charge in [-0.15, -0.1) is 0 Å². The molecule has 0 unspecified atom stereocenters. The average molecular weight is 416 g/mol. The third kappa shape index (κ3) is 3.38. The highest BCUT2D eigenvalue weighted by atomic mass is 16.7. The van der Waals surface area contributed by atoms with Gasteiger partial charge in [-0.25, -0.2) is 4.79 Å². The third-order valence-corrected chi connectivity index (χ3v) is 5.90. The highest BCUT2D eigenvalue weighted by molar-refractivity contribution is 6.01. The predicted octanol–water partition coefficient (Wildman–Crippen LogP) is 4.15. The minimum absolute atomic E-state index is 0.0795. The molecule has 1 saturated carbocycles. The summed E-state index contributed by atoms with van der Waals surface area (Å²) in [5.74, 6) is 0.312. The van der Waals surface area contributed by atoms with E-state index >= 15 is 0 Å². The molecule has 2 N–H and O–H groups in total. The van der Waals surface area contributed by atoms with Crippen molar-refractivity contribution < 1.29 is 24.2 Å². The van der Waals surface area contributed by atoms with Gasteiger partial charge in [0.05, 0.1) is 22.9 Å². The second-order valence-corrected chi connectivity index (χ2v) is 7.84. The summed E-state index contributed by atoms with van der Waals surface area (Å²) < 4.78 is 10.8. The lowest BCUT2D eigenvalue weighted by atomic mass is 9.94. The number of aryl methyl sites for hydroxylation is 1. The van der Waals surface area contributed by atoms with Crippen molar-refractivity contribution >= 4 is 17.6 Å². The molecule has 2 heterocycles. The molecule has 0 spiro atoms. The molecule has 0 bridgehead atoms. The lowest BCUT2D eigenvalue weighted by Crippen LogP contribution is -2.27. The summed E-state index contributed by atoms with van der Waals surface area (Å²) in [6.45, 7) is 2.07. The van der Waals surface area contributed by atoms with Crippen LogP contribution in [0.1, 0.15) is 34.5 Å². The number of rotatable bonds is 5. The lowest BCUT2D eigenvalue weighted by molar-refractivity contribution is -0.118. The summed E-state index contributed by atoms with van der Waals surface area (Å²) in [7, 11) is 0. The van der Waals surface area contributed by atoms with Gasteiger partial charge in [0, 0.05) is 11.3 Å². The van der Waals surface area contributed by atoms with Crippen LogP contribution in [0.2, 0.25) is 0 Å². The molecule has 156 valence electrons. The van der Waals surface area contributed by atoms with Crippen LogP contribution in [0, 0.1) is 6.92 Å². The van der Waals surface area contributed by atoms with E-state index in [1.165, 1.54) is 0 Å². The van der Waals surface area contributed by atoms with E-state index in [4.69, 9.17) is 14.6 Å². The van der Waals surface area contributed by atoms with Crippen LogP contribution in [0.25, 0.3) is 11.1 Å². The molecule has 1 aliphatic carbocycles. The number of carbonyl (C=O) groups is 2. The van der Waals surface area contributed by atoms with Crippen molar-refractivity contribution in [1.82, 2.24) is 4.98 Å². The van der Waals surface area contributed by atoms with Crippen LogP contribution in [0.3, 0.4) is 0 Å². The van der Waals surface area contributed by atoms with E-state index in [-0.39, 0.29) is 18.3 Å². The number of nitrogens with zero attached hydrogens (tertiary/aromatic N) is 1. The van der Waals surface area contributed by atoms with Crippen molar-refractivity contribution in [3.8, 4) is 22.6 Å². The SMILES string of the molecule is Cc1ncc(NC(=O)C2(c3ccc4c(c3)OCO4)CC2)cc1-c1ccc(C(=O)O)cc1. The highest BCUT2D eigenvalue weighted by Crippen LogP contribution is 2.51. The Bertz CT molecular complexity index is 1200. The van der Waals surface area contributed by atoms with Crippen LogP contribution in [0.4, 0.5) is 5.69 Å². The number of carboxylic acids is 1. The first-order valence-corrected chi connectivity index (χ1v) is 9.98. The van der Waals surface area contributed by atoms with E-state index in [1.807, 2.05) is 31.2 Å². The number of hydrogen-bond donors (Lipinski definition) is 2. The van der Waals surface area contributed by atoms with Crippen molar-refractivity contribution in [2.45, 2.75) is 25.2 Å². The average Bonchev–Trinajstić information content (AvgIpc) is 3.46. The van der Waals surface area contributed by atoms with E-state index < -0.39 is 11.4 Å². The van der Waals surface area contributed by atoms with Gasteiger partial charge in [0.1, 0.15) is 0 Å². The van der Waals surface area contributed by atoms with Gasteiger partial charge in [-0.3, -0.25) is 9.78 Å². The number of nitrogens with one attached hydrogen (secondary N) is 1. The number of ether oxygens (including phenoxy) is 2. The van der Waals surface area contributed by atoms with Crippen LogP contribution >= 0.6 is 0 Å². The topological polar surface area (TPSA) is 97.8 Å². The Morgan fingerprint density at radius 2 is 1.77 bits per heavy atom. The normalized spacial score (nSPS) is 15.4. The minimum Gasteiger partial charge on any atom is -0.478 e. The van der Waals surface area contributed by atoms with Crippen molar-refractivity contribution in [1.29, 1.82) is 0 Å². The number of hydrogen-bond acceptors (Lipinski definition) is 5. The summed E-state index contributed by atoms with van der Waals surface area (Å²) >= 11 is 0. The smallest absolute Gasteiger partial charge is 0.335 e. The molecule has 1 aliphatic heterocycles. The number of pyridine rings is 1. The van der Waals surface area contributed by atoms with Crippen molar-refractivity contribution in [3.05, 3.63) is 71.5 Å². The second-order valence-electron chi connectivity index (χ2n) is 7.84. The van der Waals surface area contributed by atoms with Gasteiger partial charge in [-0.2, -0.15) is 0 Å². The van der Waals surface area contributed by atoms with E-state index in [9.17, 15) is 9.59 Å². The van der Waals surface area contributed by atoms with E-state index in [0.717, 1.165) is 35.2 Å². The van der Waals surface area contributed by atoms with Gasteiger partial charge < -0.3 is 19.9 Å². The van der Waals surface area contributed by atoms with E-state index in [0.29, 0.717) is 17.2 Å². The molecule has 1 aromatic heterocycles. The lowest BCUT2D eigenvalue weighted by Gasteiger charge is -2.17. The quantitative estimate of drug-likeness (QED) is 0.648. The fourth-order valence-corrected chi connectivity index (χ4v) is 3.90. The van der Waals surface area contributed by atoms with Crippen LogP contribution in [-0.2, 0) is 10.2 Å². The molecule has 1 amide bonds. The first kappa shape index (κ1) is 19.1. The van der Waals surface area contributed by atoms with Gasteiger partial charge in [0.15, 0.2) is 11.5 Å². The molecule has 1 fully saturated rings. The number of carbonyl (C=O) groups excluding carboxylic acids is 1. The first-order chi connectivity index (χ1) is 15.0. The van der Waals surface area contributed by atoms with Crippen molar-refractivity contribution in [2.75, 3.05) is 12.1 Å². The maximum atomic E-state index is 13.2. The maximum Gasteiger partial charge on any atom is 0.335 e. The summed E-state index contributed by atoms with van der Waals surface area (Å²) in [6.07, 6.45) is 3.17. The van der Waals surface area contributed by atoms with Gasteiger partial charge in [-0.1, -0.05) is 18.2 Å². The van der Waals surface area contributed by atoms with E-state index in [1.54, 1.807) is 30.5 Å². The zero-order chi connectivity index (χ0) is 21.6. The Kier molecular flexibility index (Phi) is 4.39. The molecule has 7 nitrogen and oxygen atoms in total. The highest BCUT2D eigenvalue weighted by Gasteiger charge is 2.51. The summed E-state index contributed by atoms with van der Waals surface area (Å²) in [5, 5.41) is 12.1. The maximum absolute atomic E-state index is 13.2. The van der Waals surface area contributed by atoms with E-state index in [2.05, 4.69) is 10.3 Å². The molecule has 0 radical (unpaired) electrons. The number of anilines is 1. The predicted molar refractivity (Wildman–Crippen MR) is 113 cm³/mol. The molecule has 31 heavy (non-hydrogen) atoms. The largest absolute Gasteiger partial charge is 0.478 e. The van der Waals surface area contributed by atoms with Crippen LogP contribution < -0.4 is 14.8 Å². The Balaban J connectivity index is 1.39. The molecule has 3 aromatic rings. The fraction of sp³-hybridized carbons (Fsp3) is 0.208. The molecule has 0 atom stereocenters. The Labute approximate surface area is 178 Å². The number of amides is 1. The standard InChI is InChI=1S/C24H20N2O5/c1-14-19(15-2-4-16(5-3-15)22(27)28)11-18(12-25-14)26-23(29)24(8-9-24)17-6-7-20-21(10-17)31-13-30-20/h2-7,10-12H,8-9,13H2,1H3,(H,26,29)(H,27,28). The molecular formula is C24H20N2O5. The first-order valence-electron chi connectivity index (χ1n) is 9.98. The number of carboxylic acid groups (broad SMARTS) is 1. The van der Waals surface area contributed by atoms with Gasteiger partial charge in [0.25, 0.3) is 0 Å². The number of fused-ring (bicyclic) bond motifs is 1. The Morgan fingerprint density at radius 1 is 1.03 bits per heavy atom. The van der Waals surface area contributed by atoms with Gasteiger partial charge >= 0.3 is 5.97 Å². The van der Waals surface area contributed by atoms with Gasteiger partial charge in [-0.05, 0) is 61.2 Å². The summed E-state index contributed by atoms with van der Waals surface area (Å²) in [5.41, 5.74) is 3.62. The molecular weight excluding hydrogens is 396 g/mol. The summed E-state index contributed by atoms with van der Waals surface area (Å²) in [6, 6.07) is 14.1. The van der Waals surface area contributed by atoms with Crippen LogP contribution in [-0.4, -0.2) is 28.8 Å². The second kappa shape index (κ2) is 7.12. The van der Waals surface area contributed by atoms with Crippen molar-refractivity contribution in [3.63, 3.8) is 0 Å². The molecule has 2 aliphatic rings. The number of benzene rings is 2. The Morgan fingerprint density at radius 3 is 2.48 bits per heavy atom. The molecule has 7 heteroatoms. The molecule has 5 rings (SSSR count). The zero-order valence-corrected chi connectivity index (χ0v) is 16.8. The molecule has 0 saturated heterocycles. The number of aromatic nitrogens is 1. The fourth-order valence-electron chi connectivity index (χ4n) is 3.90. The zero-order valence-electron chi connectivity index (χ0n) is 16.8. The minimum atomic E-state index is -0.972. The van der Waals surface area contributed by atoms with Crippen LogP contribution in [0.5, 0.6) is 11.5 Å². The Hall–Kier alpha value is -3.87. The number of aromatic carboxylic acids is 1.